The van der Waals surface area contributed by atoms with Gasteiger partial charge < -0.3 is 5.11 Å². The summed E-state index contributed by atoms with van der Waals surface area (Å²) in [5, 5.41) is 9.37. The van der Waals surface area contributed by atoms with Crippen LogP contribution in [0.3, 0.4) is 0 Å². The van der Waals surface area contributed by atoms with E-state index in [0.29, 0.717) is 17.9 Å². The fourth-order valence-electron chi connectivity index (χ4n) is 2.39. The topological polar surface area (TPSA) is 37.3 Å². The van der Waals surface area contributed by atoms with Crippen molar-refractivity contribution in [1.29, 1.82) is 0 Å². The van der Waals surface area contributed by atoms with Gasteiger partial charge in [-0.2, -0.15) is 0 Å². The molecule has 3 heteroatoms. The van der Waals surface area contributed by atoms with Gasteiger partial charge in [-0.3, -0.25) is 4.79 Å². The van der Waals surface area contributed by atoms with Crippen LogP contribution < -0.4 is 0 Å². The Hall–Kier alpha value is -1.38. The van der Waals surface area contributed by atoms with Crippen LogP contribution in [0.5, 0.6) is 0 Å². The molecule has 0 saturated heterocycles. The maximum Gasteiger partial charge on any atom is 0.310 e. The predicted octanol–water partition coefficient (Wildman–Crippen LogP) is 4.60. The first-order valence-corrected chi connectivity index (χ1v) is 7.06. The molecule has 2 atom stereocenters. The third-order valence-corrected chi connectivity index (χ3v) is 3.68. The highest BCUT2D eigenvalue weighted by Crippen LogP contribution is 2.29. The molecule has 0 aliphatic heterocycles. The molecule has 0 saturated carbocycles. The quantitative estimate of drug-likeness (QED) is 0.746. The summed E-state index contributed by atoms with van der Waals surface area (Å²) < 4.78 is 12.9. The van der Waals surface area contributed by atoms with Crippen LogP contribution in [0.4, 0.5) is 4.39 Å². The molecule has 0 aromatic heterocycles. The van der Waals surface area contributed by atoms with Gasteiger partial charge in [0.15, 0.2) is 0 Å². The molecule has 0 fully saturated rings. The van der Waals surface area contributed by atoms with Crippen molar-refractivity contribution in [3.05, 3.63) is 35.6 Å². The molecule has 19 heavy (non-hydrogen) atoms. The van der Waals surface area contributed by atoms with Crippen molar-refractivity contribution in [2.24, 2.45) is 5.92 Å². The van der Waals surface area contributed by atoms with E-state index in [2.05, 4.69) is 13.8 Å². The summed E-state index contributed by atoms with van der Waals surface area (Å²) in [5.41, 5.74) is 0.698. The Bertz CT molecular complexity index is 386. The second kappa shape index (κ2) is 7.93. The average Bonchev–Trinajstić information content (AvgIpc) is 2.40. The normalized spacial score (nSPS) is 14.1. The first kappa shape index (κ1) is 15.7. The van der Waals surface area contributed by atoms with Gasteiger partial charge in [0, 0.05) is 0 Å². The first-order chi connectivity index (χ1) is 9.08. The van der Waals surface area contributed by atoms with Gasteiger partial charge >= 0.3 is 5.97 Å². The van der Waals surface area contributed by atoms with Crippen molar-refractivity contribution in [3.63, 3.8) is 0 Å². The van der Waals surface area contributed by atoms with Gasteiger partial charge in [0.05, 0.1) is 5.92 Å². The van der Waals surface area contributed by atoms with E-state index in [1.54, 1.807) is 12.1 Å². The standard InChI is InChI=1S/C16H23FO2/c1-3-5-6-12(4-2)11-15(16(18)19)13-7-9-14(17)10-8-13/h7-10,12,15H,3-6,11H2,1-2H3,(H,18,19). The number of aliphatic carboxylic acids is 1. The average molecular weight is 266 g/mol. The van der Waals surface area contributed by atoms with E-state index in [1.165, 1.54) is 12.1 Å². The smallest absolute Gasteiger partial charge is 0.310 e. The van der Waals surface area contributed by atoms with Crippen LogP contribution in [0, 0.1) is 11.7 Å². The van der Waals surface area contributed by atoms with E-state index in [0.717, 1.165) is 25.7 Å². The van der Waals surface area contributed by atoms with Gasteiger partial charge in [-0.15, -0.1) is 0 Å². The van der Waals surface area contributed by atoms with E-state index < -0.39 is 11.9 Å². The van der Waals surface area contributed by atoms with Gasteiger partial charge in [0.2, 0.25) is 0 Å². The van der Waals surface area contributed by atoms with E-state index in [-0.39, 0.29) is 5.82 Å². The van der Waals surface area contributed by atoms with Gasteiger partial charge in [0.1, 0.15) is 5.82 Å². The van der Waals surface area contributed by atoms with Crippen LogP contribution in [0.1, 0.15) is 57.4 Å². The van der Waals surface area contributed by atoms with E-state index in [9.17, 15) is 14.3 Å². The van der Waals surface area contributed by atoms with E-state index >= 15 is 0 Å². The molecular formula is C16H23FO2. The molecule has 0 aliphatic carbocycles. The lowest BCUT2D eigenvalue weighted by atomic mass is 9.85. The molecule has 0 bridgehead atoms. The van der Waals surface area contributed by atoms with Crippen LogP contribution in [-0.2, 0) is 4.79 Å². The van der Waals surface area contributed by atoms with Crippen molar-refractivity contribution in [3.8, 4) is 0 Å². The molecule has 1 aromatic rings. The van der Waals surface area contributed by atoms with Crippen molar-refractivity contribution >= 4 is 5.97 Å². The summed E-state index contributed by atoms with van der Waals surface area (Å²) in [6.45, 7) is 4.24. The Morgan fingerprint density at radius 3 is 2.37 bits per heavy atom. The molecule has 1 aromatic carbocycles. The number of hydrogen-bond acceptors (Lipinski definition) is 1. The number of unbranched alkanes of at least 4 members (excludes halogenated alkanes) is 1. The molecule has 1 rings (SSSR count). The van der Waals surface area contributed by atoms with Crippen LogP contribution in [-0.4, -0.2) is 11.1 Å². The van der Waals surface area contributed by atoms with Crippen LogP contribution in [0.15, 0.2) is 24.3 Å². The summed E-state index contributed by atoms with van der Waals surface area (Å²) in [4.78, 5) is 11.4. The number of carboxylic acids is 1. The number of halogens is 1. The molecule has 106 valence electrons. The molecule has 0 spiro atoms. The largest absolute Gasteiger partial charge is 0.481 e. The number of carbonyl (C=O) groups is 1. The van der Waals surface area contributed by atoms with Gasteiger partial charge in [-0.25, -0.2) is 4.39 Å². The molecule has 1 N–H and O–H groups in total. The predicted molar refractivity (Wildman–Crippen MR) is 74.7 cm³/mol. The Balaban J connectivity index is 2.77. The Labute approximate surface area is 114 Å². The fraction of sp³-hybridized carbons (Fsp3) is 0.562. The minimum Gasteiger partial charge on any atom is -0.481 e. The monoisotopic (exact) mass is 266 g/mol. The van der Waals surface area contributed by atoms with Crippen molar-refractivity contribution in [1.82, 2.24) is 0 Å². The maximum atomic E-state index is 12.9. The highest BCUT2D eigenvalue weighted by molar-refractivity contribution is 5.76. The molecular weight excluding hydrogens is 243 g/mol. The zero-order chi connectivity index (χ0) is 14.3. The summed E-state index contributed by atoms with van der Waals surface area (Å²) in [7, 11) is 0. The summed E-state index contributed by atoms with van der Waals surface area (Å²) in [6, 6.07) is 5.83. The second-order valence-corrected chi connectivity index (χ2v) is 5.09. The SMILES string of the molecule is CCCCC(CC)CC(C(=O)O)c1ccc(F)cc1. The lowest BCUT2D eigenvalue weighted by Crippen LogP contribution is -2.16. The van der Waals surface area contributed by atoms with Crippen LogP contribution >= 0.6 is 0 Å². The molecule has 0 radical (unpaired) electrons. The van der Waals surface area contributed by atoms with Gasteiger partial charge in [0.25, 0.3) is 0 Å². The number of benzene rings is 1. The summed E-state index contributed by atoms with van der Waals surface area (Å²) in [6.07, 6.45) is 4.96. The number of carboxylic acid groups (broad SMARTS) is 1. The Kier molecular flexibility index (Phi) is 6.54. The van der Waals surface area contributed by atoms with Gasteiger partial charge in [-0.05, 0) is 30.0 Å². The highest BCUT2D eigenvalue weighted by Gasteiger charge is 2.23. The zero-order valence-corrected chi connectivity index (χ0v) is 11.7. The van der Waals surface area contributed by atoms with Crippen LogP contribution in [0.25, 0.3) is 0 Å². The molecule has 0 aliphatic rings. The molecule has 2 nitrogen and oxygen atoms in total. The zero-order valence-electron chi connectivity index (χ0n) is 11.7. The minimum atomic E-state index is -0.818. The Morgan fingerprint density at radius 2 is 1.89 bits per heavy atom. The van der Waals surface area contributed by atoms with Crippen molar-refractivity contribution in [2.45, 2.75) is 51.9 Å². The molecule has 2 unspecified atom stereocenters. The summed E-state index contributed by atoms with van der Waals surface area (Å²) >= 11 is 0. The number of rotatable bonds is 8. The second-order valence-electron chi connectivity index (χ2n) is 5.09. The lowest BCUT2D eigenvalue weighted by molar-refractivity contribution is -0.139. The van der Waals surface area contributed by atoms with E-state index in [1.807, 2.05) is 0 Å². The van der Waals surface area contributed by atoms with Crippen molar-refractivity contribution in [2.75, 3.05) is 0 Å². The third kappa shape index (κ3) is 5.01. The number of hydrogen-bond donors (Lipinski definition) is 1. The Morgan fingerprint density at radius 1 is 1.26 bits per heavy atom. The maximum absolute atomic E-state index is 12.9. The van der Waals surface area contributed by atoms with Gasteiger partial charge in [-0.1, -0.05) is 51.7 Å². The van der Waals surface area contributed by atoms with E-state index in [4.69, 9.17) is 0 Å². The summed E-state index contributed by atoms with van der Waals surface area (Å²) in [5.74, 6) is -1.25. The first-order valence-electron chi connectivity index (χ1n) is 7.06. The minimum absolute atomic E-state index is 0.328. The van der Waals surface area contributed by atoms with Crippen LogP contribution in [0.2, 0.25) is 0 Å². The molecule has 0 amide bonds. The third-order valence-electron chi connectivity index (χ3n) is 3.68. The van der Waals surface area contributed by atoms with Crippen molar-refractivity contribution < 1.29 is 14.3 Å². The molecule has 0 heterocycles. The lowest BCUT2D eigenvalue weighted by Gasteiger charge is -2.20. The fourth-order valence-corrected chi connectivity index (χ4v) is 2.39. The highest BCUT2D eigenvalue weighted by atomic mass is 19.1.